The van der Waals surface area contributed by atoms with Gasteiger partial charge in [-0.1, -0.05) is 6.07 Å². The Morgan fingerprint density at radius 2 is 2.33 bits per heavy atom. The Hall–Kier alpha value is -1.44. The average molecular weight is 248 g/mol. The number of hydrogen-bond donors (Lipinski definition) is 1. The van der Waals surface area contributed by atoms with Crippen LogP contribution in [0.1, 0.15) is 24.0 Å². The highest BCUT2D eigenvalue weighted by Gasteiger charge is 2.22. The van der Waals surface area contributed by atoms with E-state index in [1.165, 1.54) is 12.1 Å². The van der Waals surface area contributed by atoms with Gasteiger partial charge in [0, 0.05) is 19.7 Å². The lowest BCUT2D eigenvalue weighted by molar-refractivity contribution is 0.249. The van der Waals surface area contributed by atoms with Crippen LogP contribution in [-0.2, 0) is 6.54 Å². The molecule has 0 spiro atoms. The van der Waals surface area contributed by atoms with E-state index in [4.69, 9.17) is 10.4 Å². The molecule has 1 aromatic carbocycles. The van der Waals surface area contributed by atoms with E-state index >= 15 is 0 Å². The van der Waals surface area contributed by atoms with Crippen LogP contribution < -0.4 is 0 Å². The van der Waals surface area contributed by atoms with E-state index < -0.39 is 0 Å². The molecular formula is C14H17FN2O. The van der Waals surface area contributed by atoms with E-state index in [0.717, 1.165) is 31.5 Å². The molecule has 1 aromatic rings. The van der Waals surface area contributed by atoms with Gasteiger partial charge in [-0.2, -0.15) is 5.26 Å². The van der Waals surface area contributed by atoms with Gasteiger partial charge in [0.05, 0.1) is 11.6 Å². The van der Waals surface area contributed by atoms with E-state index in [1.54, 1.807) is 6.07 Å². The first-order valence-corrected chi connectivity index (χ1v) is 6.24. The van der Waals surface area contributed by atoms with Gasteiger partial charge in [-0.25, -0.2) is 4.39 Å². The van der Waals surface area contributed by atoms with Gasteiger partial charge in [0.1, 0.15) is 5.82 Å². The molecule has 0 amide bonds. The number of aliphatic hydroxyl groups is 1. The van der Waals surface area contributed by atoms with Crippen molar-refractivity contribution in [2.75, 3.05) is 19.7 Å². The highest BCUT2D eigenvalue weighted by molar-refractivity contribution is 5.37. The second-order valence-corrected chi connectivity index (χ2v) is 4.82. The van der Waals surface area contributed by atoms with Crippen LogP contribution in [0.5, 0.6) is 0 Å². The zero-order valence-corrected chi connectivity index (χ0v) is 10.3. The second-order valence-electron chi connectivity index (χ2n) is 4.82. The minimum Gasteiger partial charge on any atom is -0.396 e. The second kappa shape index (κ2) is 5.94. The van der Waals surface area contributed by atoms with E-state index in [9.17, 15) is 4.39 Å². The summed E-state index contributed by atoms with van der Waals surface area (Å²) in [5, 5.41) is 17.9. The predicted octanol–water partition coefficient (Wildman–Crippen LogP) is 1.90. The molecular weight excluding hydrogens is 231 g/mol. The highest BCUT2D eigenvalue weighted by atomic mass is 19.1. The smallest absolute Gasteiger partial charge is 0.124 e. The molecule has 3 nitrogen and oxygen atoms in total. The van der Waals surface area contributed by atoms with Gasteiger partial charge in [-0.05, 0) is 43.0 Å². The molecule has 0 saturated carbocycles. The fourth-order valence-corrected chi connectivity index (χ4v) is 2.51. The maximum Gasteiger partial charge on any atom is 0.124 e. The number of benzene rings is 1. The van der Waals surface area contributed by atoms with Gasteiger partial charge in [0.25, 0.3) is 0 Å². The molecule has 0 radical (unpaired) electrons. The predicted molar refractivity (Wildman–Crippen MR) is 66.2 cm³/mol. The minimum absolute atomic E-state index is 0.235. The summed E-state index contributed by atoms with van der Waals surface area (Å²) < 4.78 is 13.0. The number of hydrogen-bond acceptors (Lipinski definition) is 3. The zero-order valence-electron chi connectivity index (χ0n) is 10.3. The van der Waals surface area contributed by atoms with Crippen molar-refractivity contribution < 1.29 is 9.50 Å². The molecule has 2 rings (SSSR count). The van der Waals surface area contributed by atoms with Gasteiger partial charge >= 0.3 is 0 Å². The Labute approximate surface area is 106 Å². The van der Waals surface area contributed by atoms with Crippen LogP contribution in [0.25, 0.3) is 0 Å². The molecule has 0 aliphatic carbocycles. The van der Waals surface area contributed by atoms with Crippen LogP contribution >= 0.6 is 0 Å². The van der Waals surface area contributed by atoms with Crippen molar-refractivity contribution in [2.45, 2.75) is 19.4 Å². The van der Waals surface area contributed by atoms with Crippen molar-refractivity contribution in [3.8, 4) is 6.07 Å². The van der Waals surface area contributed by atoms with Crippen LogP contribution in [0.2, 0.25) is 0 Å². The average Bonchev–Trinajstić information content (AvgIpc) is 2.79. The monoisotopic (exact) mass is 248 g/mol. The maximum atomic E-state index is 13.0. The summed E-state index contributed by atoms with van der Waals surface area (Å²) in [4.78, 5) is 2.26. The van der Waals surface area contributed by atoms with E-state index in [0.29, 0.717) is 18.0 Å². The third-order valence-corrected chi connectivity index (χ3v) is 3.49. The molecule has 1 saturated heterocycles. The van der Waals surface area contributed by atoms with E-state index in [2.05, 4.69) is 4.90 Å². The Kier molecular flexibility index (Phi) is 4.29. The van der Waals surface area contributed by atoms with Crippen LogP contribution in [0.4, 0.5) is 4.39 Å². The Bertz CT molecular complexity index is 456. The summed E-state index contributed by atoms with van der Waals surface area (Å²) in [6, 6.07) is 6.42. The van der Waals surface area contributed by atoms with Crippen molar-refractivity contribution in [1.29, 1.82) is 5.26 Å². The standard InChI is InChI=1S/C14H17FN2O/c15-14-2-1-12(13(7-14)8-16)10-17-5-3-11(9-17)4-6-18/h1-2,7,11,18H,3-6,9-10H2. The van der Waals surface area contributed by atoms with Gasteiger partial charge in [-0.3, -0.25) is 4.90 Å². The normalized spacial score (nSPS) is 19.9. The van der Waals surface area contributed by atoms with Crippen LogP contribution in [0.15, 0.2) is 18.2 Å². The molecule has 18 heavy (non-hydrogen) atoms. The van der Waals surface area contributed by atoms with Gasteiger partial charge in [0.15, 0.2) is 0 Å². The molecule has 1 N–H and O–H groups in total. The number of halogens is 1. The summed E-state index contributed by atoms with van der Waals surface area (Å²) >= 11 is 0. The summed E-state index contributed by atoms with van der Waals surface area (Å²) in [7, 11) is 0. The SMILES string of the molecule is N#Cc1cc(F)ccc1CN1CCC(CCO)C1. The molecule has 1 aliphatic rings. The fraction of sp³-hybridized carbons (Fsp3) is 0.500. The van der Waals surface area contributed by atoms with Crippen molar-refractivity contribution >= 4 is 0 Å². The number of nitriles is 1. The molecule has 0 aromatic heterocycles. The molecule has 1 aliphatic heterocycles. The number of likely N-dealkylation sites (tertiary alicyclic amines) is 1. The molecule has 0 bridgehead atoms. The molecule has 1 unspecified atom stereocenters. The largest absolute Gasteiger partial charge is 0.396 e. The van der Waals surface area contributed by atoms with Crippen LogP contribution in [0, 0.1) is 23.1 Å². The van der Waals surface area contributed by atoms with E-state index in [1.807, 2.05) is 6.07 Å². The first-order valence-electron chi connectivity index (χ1n) is 6.24. The third-order valence-electron chi connectivity index (χ3n) is 3.49. The molecule has 1 fully saturated rings. The van der Waals surface area contributed by atoms with Crippen molar-refractivity contribution in [3.05, 3.63) is 35.1 Å². The van der Waals surface area contributed by atoms with Crippen molar-refractivity contribution in [1.82, 2.24) is 4.90 Å². The maximum absolute atomic E-state index is 13.0. The quantitative estimate of drug-likeness (QED) is 0.885. The number of rotatable bonds is 4. The van der Waals surface area contributed by atoms with Gasteiger partial charge in [-0.15, -0.1) is 0 Å². The molecule has 4 heteroatoms. The zero-order chi connectivity index (χ0) is 13.0. The van der Waals surface area contributed by atoms with Gasteiger partial charge < -0.3 is 5.11 Å². The van der Waals surface area contributed by atoms with Gasteiger partial charge in [0.2, 0.25) is 0 Å². The lowest BCUT2D eigenvalue weighted by atomic mass is 10.1. The molecule has 96 valence electrons. The number of aliphatic hydroxyl groups excluding tert-OH is 1. The highest BCUT2D eigenvalue weighted by Crippen LogP contribution is 2.22. The Morgan fingerprint density at radius 1 is 1.50 bits per heavy atom. The van der Waals surface area contributed by atoms with Crippen LogP contribution in [0.3, 0.4) is 0 Å². The lowest BCUT2D eigenvalue weighted by Crippen LogP contribution is -2.21. The Morgan fingerprint density at radius 3 is 3.06 bits per heavy atom. The lowest BCUT2D eigenvalue weighted by Gasteiger charge is -2.16. The first kappa shape index (κ1) is 13.0. The van der Waals surface area contributed by atoms with Crippen molar-refractivity contribution in [2.24, 2.45) is 5.92 Å². The summed E-state index contributed by atoms with van der Waals surface area (Å²) in [5.41, 5.74) is 1.30. The topological polar surface area (TPSA) is 47.3 Å². The first-order chi connectivity index (χ1) is 8.72. The van der Waals surface area contributed by atoms with E-state index in [-0.39, 0.29) is 12.4 Å². The molecule has 1 atom stereocenters. The molecule has 1 heterocycles. The van der Waals surface area contributed by atoms with Crippen LogP contribution in [-0.4, -0.2) is 29.7 Å². The third kappa shape index (κ3) is 3.06. The fourth-order valence-electron chi connectivity index (χ4n) is 2.51. The minimum atomic E-state index is -0.366. The summed E-state index contributed by atoms with van der Waals surface area (Å²) in [5.74, 6) is 0.177. The number of nitrogens with zero attached hydrogens (tertiary/aromatic N) is 2. The summed E-state index contributed by atoms with van der Waals surface area (Å²) in [6.07, 6.45) is 1.93. The summed E-state index contributed by atoms with van der Waals surface area (Å²) in [6.45, 7) is 2.85. The Balaban J connectivity index is 2.00. The van der Waals surface area contributed by atoms with Crippen molar-refractivity contribution in [3.63, 3.8) is 0 Å².